The maximum Gasteiger partial charge on any atom is 0.165 e. The number of halogens is 1. The van der Waals surface area contributed by atoms with E-state index in [2.05, 4.69) is 0 Å². The molecule has 0 heterocycles. The second kappa shape index (κ2) is 6.39. The molecule has 0 fully saturated rings. The molecule has 0 saturated carbocycles. The fourth-order valence-corrected chi connectivity index (χ4v) is 2.25. The highest BCUT2D eigenvalue weighted by molar-refractivity contribution is 5.48. The van der Waals surface area contributed by atoms with Gasteiger partial charge in [-0.25, -0.2) is 4.39 Å². The molecule has 1 atom stereocenters. The van der Waals surface area contributed by atoms with Gasteiger partial charge in [0.1, 0.15) is 0 Å². The number of anilines is 1. The highest BCUT2D eigenvalue weighted by Gasteiger charge is 2.17. The average Bonchev–Trinajstić information content (AvgIpc) is 2.49. The zero-order valence-corrected chi connectivity index (χ0v) is 11.7. The molecular weight excluding hydrogens is 255 g/mol. The summed E-state index contributed by atoms with van der Waals surface area (Å²) >= 11 is 0. The molecule has 0 aliphatic heterocycles. The molecule has 0 aliphatic rings. The SMILES string of the molecule is COc1ccc(C(CN)N(C)c2ccccc2)cc1F. The molecule has 0 radical (unpaired) electrons. The van der Waals surface area contributed by atoms with Crippen molar-refractivity contribution in [1.82, 2.24) is 0 Å². The van der Waals surface area contributed by atoms with Crippen molar-refractivity contribution in [2.24, 2.45) is 5.73 Å². The van der Waals surface area contributed by atoms with Crippen LogP contribution in [0.5, 0.6) is 5.75 Å². The lowest BCUT2D eigenvalue weighted by Crippen LogP contribution is -2.30. The smallest absolute Gasteiger partial charge is 0.165 e. The number of hydrogen-bond acceptors (Lipinski definition) is 3. The third-order valence-corrected chi connectivity index (χ3v) is 3.41. The maximum absolute atomic E-state index is 13.8. The maximum atomic E-state index is 13.8. The van der Waals surface area contributed by atoms with Crippen LogP contribution in [0.4, 0.5) is 10.1 Å². The van der Waals surface area contributed by atoms with E-state index in [0.717, 1.165) is 11.3 Å². The van der Waals surface area contributed by atoms with Gasteiger partial charge in [0.15, 0.2) is 11.6 Å². The second-order valence-electron chi connectivity index (χ2n) is 4.59. The van der Waals surface area contributed by atoms with E-state index in [1.165, 1.54) is 13.2 Å². The van der Waals surface area contributed by atoms with Crippen LogP contribution in [0, 0.1) is 5.82 Å². The summed E-state index contributed by atoms with van der Waals surface area (Å²) in [6.07, 6.45) is 0. The highest BCUT2D eigenvalue weighted by atomic mass is 19.1. The number of hydrogen-bond donors (Lipinski definition) is 1. The molecule has 4 heteroatoms. The standard InChI is InChI=1S/C16H19FN2O/c1-19(13-6-4-3-5-7-13)15(11-18)12-8-9-16(20-2)14(17)10-12/h3-10,15H,11,18H2,1-2H3. The Hall–Kier alpha value is -2.07. The van der Waals surface area contributed by atoms with Gasteiger partial charge >= 0.3 is 0 Å². The summed E-state index contributed by atoms with van der Waals surface area (Å²) in [6, 6.07) is 14.8. The molecule has 2 N–H and O–H groups in total. The summed E-state index contributed by atoms with van der Waals surface area (Å²) in [6.45, 7) is 0.400. The molecule has 0 spiro atoms. The predicted molar refractivity (Wildman–Crippen MR) is 79.6 cm³/mol. The zero-order valence-electron chi connectivity index (χ0n) is 11.7. The third-order valence-electron chi connectivity index (χ3n) is 3.41. The van der Waals surface area contributed by atoms with E-state index < -0.39 is 0 Å². The minimum Gasteiger partial charge on any atom is -0.494 e. The Labute approximate surface area is 118 Å². The fourth-order valence-electron chi connectivity index (χ4n) is 2.25. The first-order valence-corrected chi connectivity index (χ1v) is 6.48. The molecule has 0 bridgehead atoms. The van der Waals surface area contributed by atoms with Gasteiger partial charge in [0.05, 0.1) is 13.2 Å². The van der Waals surface area contributed by atoms with Crippen molar-refractivity contribution in [3.63, 3.8) is 0 Å². The normalized spacial score (nSPS) is 12.0. The summed E-state index contributed by atoms with van der Waals surface area (Å²) in [7, 11) is 3.41. The summed E-state index contributed by atoms with van der Waals surface area (Å²) in [5, 5.41) is 0. The number of rotatable bonds is 5. The Kier molecular flexibility index (Phi) is 4.58. The number of ether oxygens (including phenoxy) is 1. The summed E-state index contributed by atoms with van der Waals surface area (Å²) < 4.78 is 18.8. The van der Waals surface area contributed by atoms with Gasteiger partial charge in [-0.2, -0.15) is 0 Å². The van der Waals surface area contributed by atoms with Gasteiger partial charge in [-0.15, -0.1) is 0 Å². The lowest BCUT2D eigenvalue weighted by atomic mass is 10.0. The van der Waals surface area contributed by atoms with E-state index in [9.17, 15) is 4.39 Å². The predicted octanol–water partition coefficient (Wildman–Crippen LogP) is 2.97. The van der Waals surface area contributed by atoms with E-state index in [-0.39, 0.29) is 17.6 Å². The van der Waals surface area contributed by atoms with E-state index in [1.54, 1.807) is 6.07 Å². The number of nitrogens with two attached hydrogens (primary N) is 1. The Bertz CT molecular complexity index is 560. The molecule has 0 saturated heterocycles. The fraction of sp³-hybridized carbons (Fsp3) is 0.250. The Morgan fingerprint density at radius 2 is 1.90 bits per heavy atom. The highest BCUT2D eigenvalue weighted by Crippen LogP contribution is 2.27. The molecule has 106 valence electrons. The van der Waals surface area contributed by atoms with Crippen molar-refractivity contribution in [3.8, 4) is 5.75 Å². The molecule has 20 heavy (non-hydrogen) atoms. The van der Waals surface area contributed by atoms with Crippen LogP contribution < -0.4 is 15.4 Å². The minimum atomic E-state index is -0.370. The molecule has 0 aromatic heterocycles. The Morgan fingerprint density at radius 1 is 1.20 bits per heavy atom. The first-order valence-electron chi connectivity index (χ1n) is 6.48. The van der Waals surface area contributed by atoms with E-state index in [1.807, 2.05) is 48.3 Å². The lowest BCUT2D eigenvalue weighted by Gasteiger charge is -2.29. The van der Waals surface area contributed by atoms with Gasteiger partial charge in [0.25, 0.3) is 0 Å². The molecule has 2 aromatic rings. The van der Waals surface area contributed by atoms with Gasteiger partial charge in [0.2, 0.25) is 0 Å². The summed E-state index contributed by atoms with van der Waals surface area (Å²) in [4.78, 5) is 2.04. The molecule has 2 aromatic carbocycles. The number of likely N-dealkylation sites (N-methyl/N-ethyl adjacent to an activating group) is 1. The van der Waals surface area contributed by atoms with E-state index in [0.29, 0.717) is 6.54 Å². The van der Waals surface area contributed by atoms with Crippen LogP contribution in [0.1, 0.15) is 11.6 Å². The van der Waals surface area contributed by atoms with Crippen molar-refractivity contribution in [1.29, 1.82) is 0 Å². The van der Waals surface area contributed by atoms with Crippen molar-refractivity contribution in [2.75, 3.05) is 25.6 Å². The van der Waals surface area contributed by atoms with Crippen LogP contribution in [0.2, 0.25) is 0 Å². The van der Waals surface area contributed by atoms with Crippen LogP contribution in [-0.4, -0.2) is 20.7 Å². The van der Waals surface area contributed by atoms with Gasteiger partial charge in [-0.1, -0.05) is 24.3 Å². The van der Waals surface area contributed by atoms with Crippen LogP contribution >= 0.6 is 0 Å². The summed E-state index contributed by atoms with van der Waals surface area (Å²) in [5.74, 6) is -0.128. The Balaban J connectivity index is 2.30. The molecule has 0 amide bonds. The van der Waals surface area contributed by atoms with Crippen molar-refractivity contribution < 1.29 is 9.13 Å². The monoisotopic (exact) mass is 274 g/mol. The largest absolute Gasteiger partial charge is 0.494 e. The van der Waals surface area contributed by atoms with E-state index >= 15 is 0 Å². The Morgan fingerprint density at radius 3 is 2.45 bits per heavy atom. The quantitative estimate of drug-likeness (QED) is 0.911. The van der Waals surface area contributed by atoms with Crippen molar-refractivity contribution in [2.45, 2.75) is 6.04 Å². The topological polar surface area (TPSA) is 38.5 Å². The summed E-state index contributed by atoms with van der Waals surface area (Å²) in [5.41, 5.74) is 7.74. The van der Waals surface area contributed by atoms with Crippen LogP contribution in [0.15, 0.2) is 48.5 Å². The first kappa shape index (κ1) is 14.3. The number of methoxy groups -OCH3 is 1. The third kappa shape index (κ3) is 2.91. The van der Waals surface area contributed by atoms with Gasteiger partial charge in [0, 0.05) is 19.3 Å². The number of benzene rings is 2. The van der Waals surface area contributed by atoms with E-state index in [4.69, 9.17) is 10.5 Å². The minimum absolute atomic E-state index is 0.0854. The second-order valence-corrected chi connectivity index (χ2v) is 4.59. The molecule has 3 nitrogen and oxygen atoms in total. The van der Waals surface area contributed by atoms with Gasteiger partial charge in [-0.05, 0) is 29.8 Å². The first-order chi connectivity index (χ1) is 9.67. The lowest BCUT2D eigenvalue weighted by molar-refractivity contribution is 0.386. The van der Waals surface area contributed by atoms with Gasteiger partial charge in [-0.3, -0.25) is 0 Å². The van der Waals surface area contributed by atoms with Crippen molar-refractivity contribution >= 4 is 5.69 Å². The van der Waals surface area contributed by atoms with Crippen molar-refractivity contribution in [3.05, 3.63) is 59.9 Å². The molecular formula is C16H19FN2O. The van der Waals surface area contributed by atoms with Crippen LogP contribution in [0.3, 0.4) is 0 Å². The zero-order chi connectivity index (χ0) is 14.5. The van der Waals surface area contributed by atoms with Crippen LogP contribution in [0.25, 0.3) is 0 Å². The number of para-hydroxylation sites is 1. The van der Waals surface area contributed by atoms with Gasteiger partial charge < -0.3 is 15.4 Å². The molecule has 1 unspecified atom stereocenters. The molecule has 2 rings (SSSR count). The van der Waals surface area contributed by atoms with Crippen LogP contribution in [-0.2, 0) is 0 Å². The number of nitrogens with zero attached hydrogens (tertiary/aromatic N) is 1. The molecule has 0 aliphatic carbocycles. The average molecular weight is 274 g/mol.